The highest BCUT2D eigenvalue weighted by atomic mass is 32.2. The molecule has 4 aromatic rings. The van der Waals surface area contributed by atoms with Crippen molar-refractivity contribution in [2.24, 2.45) is 0 Å². The molecule has 0 N–H and O–H groups in total. The molecule has 0 aliphatic heterocycles. The van der Waals surface area contributed by atoms with Gasteiger partial charge in [-0.2, -0.15) is 4.98 Å². The third kappa shape index (κ3) is 4.87. The summed E-state index contributed by atoms with van der Waals surface area (Å²) >= 11 is 1.33. The van der Waals surface area contributed by atoms with Gasteiger partial charge in [0, 0.05) is 55.1 Å². The lowest BCUT2D eigenvalue weighted by atomic mass is 10.3. The standard InChI is InChI=1S/C19H17N7O3S/c1-26(12-15-22-17(25-29-15)14-3-2-7-21-11-14)16(27)6-10-30-19-24-23-18(28-19)13-4-8-20-9-5-13/h2-5,7-9,11H,6,10,12H2,1H3. The van der Waals surface area contributed by atoms with Gasteiger partial charge in [-0.25, -0.2) is 0 Å². The van der Waals surface area contributed by atoms with E-state index in [9.17, 15) is 4.79 Å². The van der Waals surface area contributed by atoms with Gasteiger partial charge in [0.2, 0.25) is 23.5 Å². The topological polar surface area (TPSA) is 124 Å². The molecule has 152 valence electrons. The van der Waals surface area contributed by atoms with Gasteiger partial charge in [-0.1, -0.05) is 16.9 Å². The summed E-state index contributed by atoms with van der Waals surface area (Å²) in [7, 11) is 1.69. The molecule has 30 heavy (non-hydrogen) atoms. The third-order valence-electron chi connectivity index (χ3n) is 4.06. The van der Waals surface area contributed by atoms with Gasteiger partial charge >= 0.3 is 0 Å². The molecule has 0 fully saturated rings. The lowest BCUT2D eigenvalue weighted by Gasteiger charge is -2.13. The van der Waals surface area contributed by atoms with E-state index in [1.807, 2.05) is 6.07 Å². The minimum Gasteiger partial charge on any atom is -0.411 e. The summed E-state index contributed by atoms with van der Waals surface area (Å²) in [6.45, 7) is 0.226. The van der Waals surface area contributed by atoms with Crippen LogP contribution in [0.4, 0.5) is 0 Å². The minimum atomic E-state index is -0.0579. The van der Waals surface area contributed by atoms with Crippen LogP contribution in [0.2, 0.25) is 0 Å². The van der Waals surface area contributed by atoms with Crippen molar-refractivity contribution in [2.45, 2.75) is 18.2 Å². The monoisotopic (exact) mass is 423 g/mol. The largest absolute Gasteiger partial charge is 0.411 e. The fourth-order valence-corrected chi connectivity index (χ4v) is 3.21. The molecule has 0 saturated heterocycles. The molecule has 11 heteroatoms. The highest BCUT2D eigenvalue weighted by Crippen LogP contribution is 2.23. The van der Waals surface area contributed by atoms with Crippen LogP contribution in [-0.2, 0) is 11.3 Å². The summed E-state index contributed by atoms with van der Waals surface area (Å²) in [6, 6.07) is 7.21. The number of hydrogen-bond acceptors (Lipinski definition) is 10. The van der Waals surface area contributed by atoms with E-state index in [1.54, 1.807) is 50.0 Å². The Balaban J connectivity index is 1.25. The summed E-state index contributed by atoms with van der Waals surface area (Å²) in [5.41, 5.74) is 1.55. The molecule has 4 rings (SSSR count). The quantitative estimate of drug-likeness (QED) is 0.391. The molecular formula is C19H17N7O3S. The van der Waals surface area contributed by atoms with Crippen LogP contribution >= 0.6 is 11.8 Å². The van der Waals surface area contributed by atoms with Crippen molar-refractivity contribution in [1.29, 1.82) is 0 Å². The van der Waals surface area contributed by atoms with Gasteiger partial charge < -0.3 is 13.8 Å². The average molecular weight is 423 g/mol. The van der Waals surface area contributed by atoms with Crippen molar-refractivity contribution in [3.8, 4) is 22.8 Å². The van der Waals surface area contributed by atoms with E-state index in [2.05, 4.69) is 30.3 Å². The number of carbonyl (C=O) groups excluding carboxylic acids is 1. The highest BCUT2D eigenvalue weighted by Gasteiger charge is 2.16. The number of carbonyl (C=O) groups is 1. The number of hydrogen-bond donors (Lipinski definition) is 0. The molecule has 10 nitrogen and oxygen atoms in total. The van der Waals surface area contributed by atoms with Gasteiger partial charge in [-0.05, 0) is 24.3 Å². The summed E-state index contributed by atoms with van der Waals surface area (Å²) in [5.74, 6) is 1.67. The first kappa shape index (κ1) is 19.7. The van der Waals surface area contributed by atoms with E-state index < -0.39 is 0 Å². The van der Waals surface area contributed by atoms with Gasteiger partial charge in [0.1, 0.15) is 0 Å². The second kappa shape index (κ2) is 9.27. The van der Waals surface area contributed by atoms with Gasteiger partial charge in [0.05, 0.1) is 6.54 Å². The number of aromatic nitrogens is 6. The van der Waals surface area contributed by atoms with Crippen LogP contribution in [0, 0.1) is 0 Å². The smallest absolute Gasteiger partial charge is 0.276 e. The molecule has 1 amide bonds. The summed E-state index contributed by atoms with van der Waals surface area (Å²) < 4.78 is 10.8. The summed E-state index contributed by atoms with van der Waals surface area (Å²) in [4.78, 5) is 26.2. The van der Waals surface area contributed by atoms with E-state index >= 15 is 0 Å². The average Bonchev–Trinajstić information content (AvgIpc) is 3.45. The van der Waals surface area contributed by atoms with Crippen LogP contribution < -0.4 is 0 Å². The molecule has 4 aromatic heterocycles. The summed E-state index contributed by atoms with van der Waals surface area (Å²) in [6.07, 6.45) is 6.94. The molecule has 0 saturated carbocycles. The van der Waals surface area contributed by atoms with E-state index in [1.165, 1.54) is 16.7 Å². The second-order valence-corrected chi connectivity index (χ2v) is 7.26. The van der Waals surface area contributed by atoms with Crippen LogP contribution in [0.25, 0.3) is 22.8 Å². The van der Waals surface area contributed by atoms with E-state index in [-0.39, 0.29) is 12.5 Å². The van der Waals surface area contributed by atoms with Crippen molar-refractivity contribution in [3.63, 3.8) is 0 Å². The SMILES string of the molecule is CN(Cc1nc(-c2cccnc2)no1)C(=O)CCSc1nnc(-c2ccncc2)o1. The zero-order valence-corrected chi connectivity index (χ0v) is 16.8. The molecule has 0 aliphatic carbocycles. The maximum atomic E-state index is 12.4. The Labute approximate surface area is 175 Å². The van der Waals surface area contributed by atoms with Crippen LogP contribution in [0.15, 0.2) is 63.2 Å². The number of nitrogens with zero attached hydrogens (tertiary/aromatic N) is 7. The summed E-state index contributed by atoms with van der Waals surface area (Å²) in [5, 5.41) is 12.3. The predicted molar refractivity (Wildman–Crippen MR) is 107 cm³/mol. The maximum absolute atomic E-state index is 12.4. The number of amides is 1. The Kier molecular flexibility index (Phi) is 6.09. The lowest BCUT2D eigenvalue weighted by molar-refractivity contribution is -0.130. The molecule has 0 bridgehead atoms. The molecule has 0 spiro atoms. The molecule has 0 atom stereocenters. The van der Waals surface area contributed by atoms with Crippen molar-refractivity contribution in [3.05, 3.63) is 54.9 Å². The molecule has 0 aromatic carbocycles. The second-order valence-electron chi connectivity index (χ2n) is 6.21. The first-order chi connectivity index (χ1) is 14.7. The molecule has 0 unspecified atom stereocenters. The lowest BCUT2D eigenvalue weighted by Crippen LogP contribution is -2.26. The van der Waals surface area contributed by atoms with Crippen LogP contribution in [0.5, 0.6) is 0 Å². The van der Waals surface area contributed by atoms with E-state index in [4.69, 9.17) is 8.94 Å². The molecule has 4 heterocycles. The van der Waals surface area contributed by atoms with Gasteiger partial charge in [0.25, 0.3) is 5.22 Å². The van der Waals surface area contributed by atoms with Gasteiger partial charge in [-0.15, -0.1) is 10.2 Å². The zero-order valence-electron chi connectivity index (χ0n) is 16.0. The third-order valence-corrected chi connectivity index (χ3v) is 4.88. The minimum absolute atomic E-state index is 0.0579. The zero-order chi connectivity index (χ0) is 20.8. The number of rotatable bonds is 8. The Morgan fingerprint density at radius 3 is 2.77 bits per heavy atom. The Hall–Kier alpha value is -3.60. The van der Waals surface area contributed by atoms with E-state index in [0.29, 0.717) is 35.0 Å². The fourth-order valence-electron chi connectivity index (χ4n) is 2.52. The van der Waals surface area contributed by atoms with Crippen molar-refractivity contribution in [2.75, 3.05) is 12.8 Å². The van der Waals surface area contributed by atoms with Crippen LogP contribution in [-0.4, -0.2) is 53.9 Å². The predicted octanol–water partition coefficient (Wildman–Crippen LogP) is 2.72. The maximum Gasteiger partial charge on any atom is 0.276 e. The molecular weight excluding hydrogens is 406 g/mol. The highest BCUT2D eigenvalue weighted by molar-refractivity contribution is 7.99. The number of thioether (sulfide) groups is 1. The first-order valence-electron chi connectivity index (χ1n) is 9.02. The van der Waals surface area contributed by atoms with E-state index in [0.717, 1.165) is 11.1 Å². The molecule has 0 radical (unpaired) electrons. The first-order valence-corrected chi connectivity index (χ1v) is 10.0. The van der Waals surface area contributed by atoms with Gasteiger partial charge in [-0.3, -0.25) is 14.8 Å². The normalized spacial score (nSPS) is 10.8. The fraction of sp³-hybridized carbons (Fsp3) is 0.211. The van der Waals surface area contributed by atoms with Crippen molar-refractivity contribution in [1.82, 2.24) is 35.2 Å². The van der Waals surface area contributed by atoms with Gasteiger partial charge in [0.15, 0.2) is 0 Å². The molecule has 0 aliphatic rings. The van der Waals surface area contributed by atoms with Crippen molar-refractivity contribution < 1.29 is 13.7 Å². The van der Waals surface area contributed by atoms with Crippen LogP contribution in [0.3, 0.4) is 0 Å². The van der Waals surface area contributed by atoms with Crippen molar-refractivity contribution >= 4 is 17.7 Å². The Morgan fingerprint density at radius 2 is 1.97 bits per heavy atom. The number of pyridine rings is 2. The Bertz CT molecular complexity index is 1100. The van der Waals surface area contributed by atoms with Crippen LogP contribution in [0.1, 0.15) is 12.3 Å². The Morgan fingerprint density at radius 1 is 1.10 bits per heavy atom.